The number of nitrogens with one attached hydrogen (secondary N) is 1. The Kier molecular flexibility index (Phi) is 7.23. The van der Waals surface area contributed by atoms with Crippen molar-refractivity contribution < 1.29 is 4.74 Å². The summed E-state index contributed by atoms with van der Waals surface area (Å²) in [4.78, 5) is 6.50. The second-order valence-electron chi connectivity index (χ2n) is 5.95. The number of guanidine groups is 1. The zero-order chi connectivity index (χ0) is 15.6. The highest BCUT2D eigenvalue weighted by atomic mass is 16.5. The molecule has 0 atom stereocenters. The lowest BCUT2D eigenvalue weighted by atomic mass is 10.2. The number of hydrogen-bond acceptors (Lipinski definition) is 2. The maximum absolute atomic E-state index is 5.88. The fourth-order valence-electron chi connectivity index (χ4n) is 2.89. The van der Waals surface area contributed by atoms with E-state index in [1.54, 1.807) is 0 Å². The Bertz CT molecular complexity index is 441. The maximum Gasteiger partial charge on any atom is 0.193 e. The molecular formula is C18H29N3O. The van der Waals surface area contributed by atoms with Gasteiger partial charge in [0.15, 0.2) is 5.96 Å². The fraction of sp³-hybridized carbons (Fsp3) is 0.611. The standard InChI is InChI=1S/C18H29N3O/c1-19-18(21(2)15-16-9-4-3-5-10-16)20-13-8-14-22-17-11-6-7-12-17/h3-5,9-10,17H,6-8,11-15H2,1-2H3,(H,19,20). The lowest BCUT2D eigenvalue weighted by Crippen LogP contribution is -2.39. The predicted molar refractivity (Wildman–Crippen MR) is 92.1 cm³/mol. The van der Waals surface area contributed by atoms with E-state index in [4.69, 9.17) is 4.74 Å². The van der Waals surface area contributed by atoms with Crippen LogP contribution in [0.25, 0.3) is 0 Å². The molecule has 0 bridgehead atoms. The monoisotopic (exact) mass is 303 g/mol. The summed E-state index contributed by atoms with van der Waals surface area (Å²) in [5, 5.41) is 3.41. The first-order chi connectivity index (χ1) is 10.8. The molecule has 1 fully saturated rings. The number of nitrogens with zero attached hydrogens (tertiary/aromatic N) is 2. The maximum atomic E-state index is 5.88. The molecule has 0 aromatic heterocycles. The molecular weight excluding hydrogens is 274 g/mol. The van der Waals surface area contributed by atoms with Crippen LogP contribution in [0.2, 0.25) is 0 Å². The number of rotatable bonds is 7. The lowest BCUT2D eigenvalue weighted by molar-refractivity contribution is 0.0573. The number of ether oxygens (including phenoxy) is 1. The first kappa shape index (κ1) is 16.8. The highest BCUT2D eigenvalue weighted by Crippen LogP contribution is 2.20. The minimum Gasteiger partial charge on any atom is -0.378 e. The summed E-state index contributed by atoms with van der Waals surface area (Å²) in [5.74, 6) is 0.935. The fourth-order valence-corrected chi connectivity index (χ4v) is 2.89. The van der Waals surface area contributed by atoms with Crippen LogP contribution in [-0.2, 0) is 11.3 Å². The van der Waals surface area contributed by atoms with E-state index >= 15 is 0 Å². The topological polar surface area (TPSA) is 36.9 Å². The summed E-state index contributed by atoms with van der Waals surface area (Å²) in [5.41, 5.74) is 1.29. The molecule has 1 aromatic rings. The average molecular weight is 303 g/mol. The summed E-state index contributed by atoms with van der Waals surface area (Å²) in [7, 11) is 3.90. The molecule has 0 spiro atoms. The Labute approximate surface area is 134 Å². The van der Waals surface area contributed by atoms with Crippen molar-refractivity contribution in [2.24, 2.45) is 4.99 Å². The van der Waals surface area contributed by atoms with Gasteiger partial charge in [-0.05, 0) is 24.8 Å². The molecule has 0 radical (unpaired) electrons. The second kappa shape index (κ2) is 9.46. The van der Waals surface area contributed by atoms with Crippen LogP contribution < -0.4 is 5.32 Å². The molecule has 1 aliphatic carbocycles. The molecule has 4 heteroatoms. The average Bonchev–Trinajstić information content (AvgIpc) is 3.05. The van der Waals surface area contributed by atoms with Crippen molar-refractivity contribution in [3.05, 3.63) is 35.9 Å². The Hall–Kier alpha value is -1.55. The molecule has 0 saturated heterocycles. The van der Waals surface area contributed by atoms with Gasteiger partial charge in [0.1, 0.15) is 0 Å². The zero-order valence-corrected chi connectivity index (χ0v) is 13.9. The zero-order valence-electron chi connectivity index (χ0n) is 13.9. The van der Waals surface area contributed by atoms with Crippen molar-refractivity contribution in [3.8, 4) is 0 Å². The highest BCUT2D eigenvalue weighted by molar-refractivity contribution is 5.79. The minimum atomic E-state index is 0.514. The van der Waals surface area contributed by atoms with Crippen LogP contribution in [0.3, 0.4) is 0 Å². The summed E-state index contributed by atoms with van der Waals surface area (Å²) in [6, 6.07) is 10.5. The normalized spacial score (nSPS) is 16.0. The first-order valence-electron chi connectivity index (χ1n) is 8.37. The second-order valence-corrected chi connectivity index (χ2v) is 5.95. The SMILES string of the molecule is CN=C(NCCCOC1CCCC1)N(C)Cc1ccccc1. The summed E-state index contributed by atoms with van der Waals surface area (Å²) < 4.78 is 5.88. The van der Waals surface area contributed by atoms with Crippen LogP contribution in [0.5, 0.6) is 0 Å². The quantitative estimate of drug-likeness (QED) is 0.478. The van der Waals surface area contributed by atoms with E-state index < -0.39 is 0 Å². The molecule has 22 heavy (non-hydrogen) atoms. The van der Waals surface area contributed by atoms with Gasteiger partial charge in [-0.25, -0.2) is 0 Å². The molecule has 1 N–H and O–H groups in total. The van der Waals surface area contributed by atoms with Gasteiger partial charge in [-0.3, -0.25) is 4.99 Å². The Balaban J connectivity index is 1.63. The molecule has 1 aromatic carbocycles. The van der Waals surface area contributed by atoms with Gasteiger partial charge >= 0.3 is 0 Å². The summed E-state index contributed by atoms with van der Waals surface area (Å²) in [6.45, 7) is 2.61. The molecule has 1 saturated carbocycles. The number of benzene rings is 1. The molecule has 4 nitrogen and oxygen atoms in total. The predicted octanol–water partition coefficient (Wildman–Crippen LogP) is 3.04. The molecule has 0 unspecified atom stereocenters. The third-order valence-corrected chi connectivity index (χ3v) is 4.10. The summed E-state index contributed by atoms with van der Waals surface area (Å²) >= 11 is 0. The minimum absolute atomic E-state index is 0.514. The van der Waals surface area contributed by atoms with Crippen molar-refractivity contribution in [3.63, 3.8) is 0 Å². The number of aliphatic imine (C=N–C) groups is 1. The smallest absolute Gasteiger partial charge is 0.193 e. The van der Waals surface area contributed by atoms with Crippen LogP contribution >= 0.6 is 0 Å². The van der Waals surface area contributed by atoms with Gasteiger partial charge < -0.3 is 15.0 Å². The Morgan fingerprint density at radius 1 is 1.27 bits per heavy atom. The first-order valence-corrected chi connectivity index (χ1v) is 8.37. The largest absolute Gasteiger partial charge is 0.378 e. The van der Waals surface area contributed by atoms with Crippen molar-refractivity contribution in [1.29, 1.82) is 0 Å². The van der Waals surface area contributed by atoms with E-state index in [1.807, 2.05) is 13.1 Å². The van der Waals surface area contributed by atoms with Gasteiger partial charge in [0, 0.05) is 33.8 Å². The molecule has 0 amide bonds. The third-order valence-electron chi connectivity index (χ3n) is 4.10. The van der Waals surface area contributed by atoms with Gasteiger partial charge in [0.2, 0.25) is 0 Å². The highest BCUT2D eigenvalue weighted by Gasteiger charge is 2.14. The van der Waals surface area contributed by atoms with Crippen LogP contribution in [0, 0.1) is 0 Å². The van der Waals surface area contributed by atoms with Crippen molar-refractivity contribution >= 4 is 5.96 Å². The van der Waals surface area contributed by atoms with Gasteiger partial charge in [-0.15, -0.1) is 0 Å². The van der Waals surface area contributed by atoms with E-state index in [9.17, 15) is 0 Å². The third kappa shape index (κ3) is 5.68. The van der Waals surface area contributed by atoms with Crippen LogP contribution in [0.1, 0.15) is 37.7 Å². The van der Waals surface area contributed by atoms with Crippen LogP contribution in [0.15, 0.2) is 35.3 Å². The van der Waals surface area contributed by atoms with Crippen molar-refractivity contribution in [2.75, 3.05) is 27.2 Å². The van der Waals surface area contributed by atoms with E-state index in [-0.39, 0.29) is 0 Å². The summed E-state index contributed by atoms with van der Waals surface area (Å²) in [6.07, 6.45) is 6.69. The van der Waals surface area contributed by atoms with Crippen molar-refractivity contribution in [2.45, 2.75) is 44.8 Å². The van der Waals surface area contributed by atoms with Gasteiger partial charge in [-0.1, -0.05) is 43.2 Å². The Morgan fingerprint density at radius 2 is 2.00 bits per heavy atom. The molecule has 122 valence electrons. The van der Waals surface area contributed by atoms with E-state index in [1.165, 1.54) is 31.2 Å². The van der Waals surface area contributed by atoms with Gasteiger partial charge in [-0.2, -0.15) is 0 Å². The van der Waals surface area contributed by atoms with Crippen LogP contribution in [-0.4, -0.2) is 44.2 Å². The molecule has 0 heterocycles. The lowest BCUT2D eigenvalue weighted by Gasteiger charge is -2.22. The number of hydrogen-bond donors (Lipinski definition) is 1. The van der Waals surface area contributed by atoms with E-state index in [0.717, 1.165) is 32.1 Å². The van der Waals surface area contributed by atoms with Gasteiger partial charge in [0.05, 0.1) is 6.10 Å². The molecule has 0 aliphatic heterocycles. The van der Waals surface area contributed by atoms with Gasteiger partial charge in [0.25, 0.3) is 0 Å². The van der Waals surface area contributed by atoms with E-state index in [0.29, 0.717) is 6.10 Å². The van der Waals surface area contributed by atoms with Crippen LogP contribution in [0.4, 0.5) is 0 Å². The van der Waals surface area contributed by atoms with E-state index in [2.05, 4.69) is 46.5 Å². The Morgan fingerprint density at radius 3 is 2.68 bits per heavy atom. The van der Waals surface area contributed by atoms with Crippen molar-refractivity contribution in [1.82, 2.24) is 10.2 Å². The molecule has 2 rings (SSSR count). The molecule has 1 aliphatic rings.